The first-order chi connectivity index (χ1) is 13.0. The molecule has 3 rings (SSSR count). The summed E-state index contributed by atoms with van der Waals surface area (Å²) in [4.78, 5) is 25.1. The van der Waals surface area contributed by atoms with E-state index in [-0.39, 0.29) is 6.54 Å². The molecule has 27 heavy (non-hydrogen) atoms. The van der Waals surface area contributed by atoms with E-state index in [2.05, 4.69) is 10.6 Å². The number of methoxy groups -OCH3 is 1. The quantitative estimate of drug-likeness (QED) is 0.565. The number of rotatable bonds is 6. The van der Waals surface area contributed by atoms with Gasteiger partial charge in [0.25, 0.3) is 0 Å². The molecule has 0 bridgehead atoms. The summed E-state index contributed by atoms with van der Waals surface area (Å²) in [7, 11) is 1.47. The predicted molar refractivity (Wildman–Crippen MR) is 101 cm³/mol. The van der Waals surface area contributed by atoms with Crippen LogP contribution in [0.3, 0.4) is 0 Å². The molecule has 140 valence electrons. The van der Waals surface area contributed by atoms with Gasteiger partial charge in [0.05, 0.1) is 31.9 Å². The van der Waals surface area contributed by atoms with Crippen LogP contribution in [0.1, 0.15) is 10.4 Å². The van der Waals surface area contributed by atoms with Gasteiger partial charge in [0.2, 0.25) is 0 Å². The summed E-state index contributed by atoms with van der Waals surface area (Å²) in [5.74, 6) is -1.30. The molecule has 2 aromatic heterocycles. The summed E-state index contributed by atoms with van der Waals surface area (Å²) in [5, 5.41) is 17.9. The number of carbonyl (C=O) groups is 2. The van der Waals surface area contributed by atoms with E-state index in [1.165, 1.54) is 31.0 Å². The van der Waals surface area contributed by atoms with Crippen LogP contribution < -0.4 is 15.4 Å². The van der Waals surface area contributed by atoms with E-state index in [0.717, 1.165) is 0 Å². The van der Waals surface area contributed by atoms with Crippen LogP contribution in [0.25, 0.3) is 0 Å². The Labute approximate surface area is 159 Å². The summed E-state index contributed by atoms with van der Waals surface area (Å²) in [5.41, 5.74) is -0.638. The van der Waals surface area contributed by atoms with Gasteiger partial charge in [0, 0.05) is 10.4 Å². The monoisotopic (exact) mass is 386 g/mol. The lowest BCUT2D eigenvalue weighted by Gasteiger charge is -2.26. The second-order valence-corrected chi connectivity index (χ2v) is 6.63. The maximum Gasteiger partial charge on any atom is 0.313 e. The number of hydrogen-bond donors (Lipinski definition) is 3. The van der Waals surface area contributed by atoms with Gasteiger partial charge >= 0.3 is 11.8 Å². The second kappa shape index (κ2) is 8.07. The topological polar surface area (TPSA) is 101 Å². The van der Waals surface area contributed by atoms with Crippen LogP contribution in [-0.4, -0.2) is 30.6 Å². The van der Waals surface area contributed by atoms with Crippen molar-refractivity contribution in [1.29, 1.82) is 0 Å². The van der Waals surface area contributed by atoms with Gasteiger partial charge in [0.15, 0.2) is 0 Å². The van der Waals surface area contributed by atoms with E-state index in [1.807, 2.05) is 5.38 Å². The van der Waals surface area contributed by atoms with Gasteiger partial charge in [-0.1, -0.05) is 18.2 Å². The molecule has 2 heterocycles. The molecule has 0 aliphatic rings. The van der Waals surface area contributed by atoms with Crippen molar-refractivity contribution in [2.24, 2.45) is 0 Å². The number of benzene rings is 1. The number of para-hydroxylation sites is 2. The molecule has 3 N–H and O–H groups in total. The van der Waals surface area contributed by atoms with Crippen LogP contribution in [0, 0.1) is 0 Å². The Hall–Kier alpha value is -3.10. The second-order valence-electron chi connectivity index (χ2n) is 5.69. The SMILES string of the molecule is COc1ccccc1NC(=O)C(=O)NC[C@@](O)(c1ccoc1)c1cccs1. The number of hydrogen-bond acceptors (Lipinski definition) is 6. The van der Waals surface area contributed by atoms with Crippen molar-refractivity contribution >= 4 is 28.8 Å². The van der Waals surface area contributed by atoms with Gasteiger partial charge < -0.3 is 24.9 Å². The smallest absolute Gasteiger partial charge is 0.313 e. The zero-order chi connectivity index (χ0) is 19.3. The zero-order valence-electron chi connectivity index (χ0n) is 14.5. The molecule has 7 nitrogen and oxygen atoms in total. The van der Waals surface area contributed by atoms with E-state index in [4.69, 9.17) is 9.15 Å². The van der Waals surface area contributed by atoms with E-state index in [1.54, 1.807) is 42.5 Å². The summed E-state index contributed by atoms with van der Waals surface area (Å²) in [6.07, 6.45) is 2.84. The van der Waals surface area contributed by atoms with Gasteiger partial charge in [-0.3, -0.25) is 9.59 Å². The molecule has 0 saturated heterocycles. The molecule has 1 aromatic carbocycles. The fraction of sp³-hybridized carbons (Fsp3) is 0.158. The first-order valence-electron chi connectivity index (χ1n) is 8.06. The Kier molecular flexibility index (Phi) is 5.58. The lowest BCUT2D eigenvalue weighted by molar-refractivity contribution is -0.136. The van der Waals surface area contributed by atoms with Crippen LogP contribution in [-0.2, 0) is 15.2 Å². The zero-order valence-corrected chi connectivity index (χ0v) is 15.3. The van der Waals surface area contributed by atoms with Crippen LogP contribution in [0.5, 0.6) is 5.75 Å². The molecule has 0 unspecified atom stereocenters. The molecule has 0 spiro atoms. The number of anilines is 1. The van der Waals surface area contributed by atoms with Crippen molar-refractivity contribution in [2.45, 2.75) is 5.60 Å². The van der Waals surface area contributed by atoms with Crippen LogP contribution in [0.4, 0.5) is 5.69 Å². The summed E-state index contributed by atoms with van der Waals surface area (Å²) >= 11 is 1.34. The number of ether oxygens (including phenoxy) is 1. The van der Waals surface area contributed by atoms with Crippen molar-refractivity contribution in [3.05, 3.63) is 70.8 Å². The third-order valence-corrected chi connectivity index (χ3v) is 5.01. The first kappa shape index (κ1) is 18.7. The molecule has 0 aliphatic heterocycles. The molecule has 1 atom stereocenters. The van der Waals surface area contributed by atoms with Gasteiger partial charge in [-0.2, -0.15) is 0 Å². The molecule has 0 saturated carbocycles. The predicted octanol–water partition coefficient (Wildman–Crippen LogP) is 2.34. The normalized spacial score (nSPS) is 12.8. The largest absolute Gasteiger partial charge is 0.495 e. The highest BCUT2D eigenvalue weighted by Crippen LogP contribution is 2.32. The number of amides is 2. The average molecular weight is 386 g/mol. The fourth-order valence-electron chi connectivity index (χ4n) is 2.56. The summed E-state index contributed by atoms with van der Waals surface area (Å²) < 4.78 is 10.2. The van der Waals surface area contributed by atoms with Crippen LogP contribution in [0.15, 0.2) is 64.8 Å². The number of furan rings is 1. The van der Waals surface area contributed by atoms with E-state index < -0.39 is 17.4 Å². The molecule has 0 fully saturated rings. The minimum absolute atomic E-state index is 0.189. The van der Waals surface area contributed by atoms with Crippen LogP contribution >= 0.6 is 11.3 Å². The Bertz CT molecular complexity index is 872. The first-order valence-corrected chi connectivity index (χ1v) is 8.94. The summed E-state index contributed by atoms with van der Waals surface area (Å²) in [6.45, 7) is -0.189. The Morgan fingerprint density at radius 1 is 1.19 bits per heavy atom. The molecular weight excluding hydrogens is 368 g/mol. The Morgan fingerprint density at radius 2 is 2.00 bits per heavy atom. The van der Waals surface area contributed by atoms with E-state index in [9.17, 15) is 14.7 Å². The number of carbonyl (C=O) groups excluding carboxylic acids is 2. The van der Waals surface area contributed by atoms with Gasteiger partial charge in [-0.15, -0.1) is 11.3 Å². The Balaban J connectivity index is 1.70. The van der Waals surface area contributed by atoms with Crippen molar-refractivity contribution in [2.75, 3.05) is 19.0 Å². The third-order valence-electron chi connectivity index (χ3n) is 3.99. The minimum atomic E-state index is -1.50. The maximum atomic E-state index is 12.2. The van der Waals surface area contributed by atoms with Gasteiger partial charge in [-0.05, 0) is 29.6 Å². The van der Waals surface area contributed by atoms with Gasteiger partial charge in [0.1, 0.15) is 11.4 Å². The number of aliphatic hydroxyl groups is 1. The molecule has 0 radical (unpaired) electrons. The lowest BCUT2D eigenvalue weighted by Crippen LogP contribution is -2.44. The third kappa shape index (κ3) is 4.02. The van der Waals surface area contributed by atoms with Crippen molar-refractivity contribution in [3.63, 3.8) is 0 Å². The van der Waals surface area contributed by atoms with Crippen molar-refractivity contribution in [3.8, 4) is 5.75 Å². The molecule has 3 aromatic rings. The number of thiophene rings is 1. The molecule has 8 heteroatoms. The highest BCUT2D eigenvalue weighted by atomic mass is 32.1. The van der Waals surface area contributed by atoms with E-state index >= 15 is 0 Å². The highest BCUT2D eigenvalue weighted by Gasteiger charge is 2.35. The minimum Gasteiger partial charge on any atom is -0.495 e. The molecule has 2 amide bonds. The standard InChI is InChI=1S/C19H18N2O5S/c1-25-15-6-3-2-5-14(15)21-18(23)17(22)20-12-19(24,13-8-9-26-11-13)16-7-4-10-27-16/h2-11,24H,12H2,1H3,(H,20,22)(H,21,23)/t19-/m1/s1. The molecular formula is C19H18N2O5S. The van der Waals surface area contributed by atoms with Crippen molar-refractivity contribution in [1.82, 2.24) is 5.32 Å². The van der Waals surface area contributed by atoms with Crippen LogP contribution in [0.2, 0.25) is 0 Å². The average Bonchev–Trinajstić information content (AvgIpc) is 3.40. The highest BCUT2D eigenvalue weighted by molar-refractivity contribution is 7.10. The summed E-state index contributed by atoms with van der Waals surface area (Å²) in [6, 6.07) is 11.9. The van der Waals surface area contributed by atoms with Crippen molar-refractivity contribution < 1.29 is 23.8 Å². The Morgan fingerprint density at radius 3 is 2.67 bits per heavy atom. The van der Waals surface area contributed by atoms with E-state index in [0.29, 0.717) is 21.9 Å². The maximum absolute atomic E-state index is 12.2. The lowest BCUT2D eigenvalue weighted by atomic mass is 9.94. The molecule has 0 aliphatic carbocycles. The fourth-order valence-corrected chi connectivity index (χ4v) is 3.41. The number of nitrogens with one attached hydrogen (secondary N) is 2. The van der Waals surface area contributed by atoms with Gasteiger partial charge in [-0.25, -0.2) is 0 Å².